The molecule has 1 aromatic carbocycles. The van der Waals surface area contributed by atoms with Gasteiger partial charge in [-0.3, -0.25) is 20.2 Å². The lowest BCUT2D eigenvalue weighted by Gasteiger charge is -2.10. The number of hydrogen-bond donors (Lipinski definition) is 0. The highest BCUT2D eigenvalue weighted by Crippen LogP contribution is 2.35. The van der Waals surface area contributed by atoms with Crippen molar-refractivity contribution in [3.05, 3.63) is 55.6 Å². The first kappa shape index (κ1) is 10.3. The Kier molecular flexibility index (Phi) is 2.40. The minimum absolute atomic E-state index is 0.369. The normalized spacial score (nSPS) is 13.2. The molecule has 2 rings (SSSR count). The lowest BCUT2D eigenvalue weighted by atomic mass is 9.94. The smallest absolute Gasteiger partial charge is 0.258 e. The van der Waals surface area contributed by atoms with Gasteiger partial charge in [0.2, 0.25) is 0 Å². The van der Waals surface area contributed by atoms with Gasteiger partial charge in [-0.15, -0.1) is 0 Å². The molecule has 1 aliphatic rings. The quantitative estimate of drug-likeness (QED) is 0.434. The number of rotatable bonds is 2. The molecule has 1 aliphatic carbocycles. The molecule has 0 saturated carbocycles. The predicted molar refractivity (Wildman–Crippen MR) is 56.3 cm³/mol. The summed E-state index contributed by atoms with van der Waals surface area (Å²) in [5.41, 5.74) is 0.451. The number of nitro groups is 2. The summed E-state index contributed by atoms with van der Waals surface area (Å²) in [4.78, 5) is 20.2. The molecule has 0 N–H and O–H groups in total. The van der Waals surface area contributed by atoms with Crippen LogP contribution >= 0.6 is 0 Å². The Morgan fingerprint density at radius 2 is 1.69 bits per heavy atom. The fraction of sp³-hybridized carbons (Fsp3) is 0.200. The summed E-state index contributed by atoms with van der Waals surface area (Å²) in [6, 6.07) is 2.79. The number of benzene rings is 1. The lowest BCUT2D eigenvalue weighted by molar-refractivity contribution is -0.423. The van der Waals surface area contributed by atoms with E-state index in [0.29, 0.717) is 18.4 Å². The van der Waals surface area contributed by atoms with Gasteiger partial charge >= 0.3 is 11.4 Å². The summed E-state index contributed by atoms with van der Waals surface area (Å²) in [6.45, 7) is 0. The molecule has 0 saturated heterocycles. The van der Waals surface area contributed by atoms with Crippen LogP contribution in [-0.2, 0) is 12.8 Å². The molecule has 0 bridgehead atoms. The molecule has 0 unspecified atom stereocenters. The van der Waals surface area contributed by atoms with Crippen LogP contribution in [0, 0.1) is 20.2 Å². The molecule has 16 heavy (non-hydrogen) atoms. The Balaban J connectivity index is 2.68. The minimum Gasteiger partial charge on any atom is -0.258 e. The Bertz CT molecular complexity index is 508. The highest BCUT2D eigenvalue weighted by atomic mass is 16.6. The second-order valence-electron chi connectivity index (χ2n) is 3.46. The molecule has 1 aromatic rings. The standard InChI is InChI=1S/C10H8N2O4/c13-11(14)9-6-5-7-3-1-2-4-8(7)10(9)12(15)16/h1-2,5-6H,3-4H2. The minimum atomic E-state index is -0.712. The number of hydrogen-bond acceptors (Lipinski definition) is 4. The Morgan fingerprint density at radius 3 is 2.31 bits per heavy atom. The second kappa shape index (κ2) is 3.73. The number of fused-ring (bicyclic) bond motifs is 1. The molecule has 0 fully saturated rings. The maximum Gasteiger partial charge on any atom is 0.349 e. The van der Waals surface area contributed by atoms with E-state index < -0.39 is 15.5 Å². The van der Waals surface area contributed by atoms with Crippen LogP contribution in [0.3, 0.4) is 0 Å². The van der Waals surface area contributed by atoms with Gasteiger partial charge in [0.1, 0.15) is 0 Å². The van der Waals surface area contributed by atoms with E-state index in [1.54, 1.807) is 12.1 Å². The third-order valence-electron chi connectivity index (χ3n) is 2.56. The number of allylic oxidation sites excluding steroid dienone is 2. The molecular formula is C10H8N2O4. The Labute approximate surface area is 90.5 Å². The Morgan fingerprint density at radius 1 is 1.00 bits per heavy atom. The van der Waals surface area contributed by atoms with Crippen LogP contribution < -0.4 is 0 Å². The van der Waals surface area contributed by atoms with Crippen LogP contribution in [-0.4, -0.2) is 9.85 Å². The van der Waals surface area contributed by atoms with Crippen LogP contribution in [0.15, 0.2) is 24.3 Å². The van der Waals surface area contributed by atoms with E-state index in [2.05, 4.69) is 0 Å². The first-order chi connectivity index (χ1) is 7.61. The van der Waals surface area contributed by atoms with Crippen molar-refractivity contribution in [2.75, 3.05) is 0 Å². The fourth-order valence-electron chi connectivity index (χ4n) is 1.85. The summed E-state index contributed by atoms with van der Waals surface area (Å²) in [7, 11) is 0. The van der Waals surface area contributed by atoms with Crippen molar-refractivity contribution in [2.45, 2.75) is 12.8 Å². The van der Waals surface area contributed by atoms with Crippen LogP contribution in [0.1, 0.15) is 11.1 Å². The molecule has 0 aromatic heterocycles. The largest absolute Gasteiger partial charge is 0.349 e. The van der Waals surface area contributed by atoms with E-state index in [1.807, 2.05) is 6.08 Å². The van der Waals surface area contributed by atoms with Crippen LogP contribution in [0.5, 0.6) is 0 Å². The monoisotopic (exact) mass is 220 g/mol. The average molecular weight is 220 g/mol. The van der Waals surface area contributed by atoms with E-state index in [9.17, 15) is 20.2 Å². The lowest BCUT2D eigenvalue weighted by Crippen LogP contribution is -2.05. The van der Waals surface area contributed by atoms with Gasteiger partial charge in [-0.05, 0) is 18.4 Å². The van der Waals surface area contributed by atoms with Gasteiger partial charge in [0, 0.05) is 11.6 Å². The molecule has 6 heteroatoms. The summed E-state index contributed by atoms with van der Waals surface area (Å²) in [6.07, 6.45) is 4.67. The molecule has 6 nitrogen and oxygen atoms in total. The zero-order valence-corrected chi connectivity index (χ0v) is 8.25. The van der Waals surface area contributed by atoms with Crippen molar-refractivity contribution in [1.82, 2.24) is 0 Å². The SMILES string of the molecule is O=[N+]([O-])c1ccc2c(c1[N+](=O)[O-])CC=CC2. The molecule has 0 amide bonds. The van der Waals surface area contributed by atoms with Crippen molar-refractivity contribution >= 4 is 11.4 Å². The van der Waals surface area contributed by atoms with Gasteiger partial charge in [-0.1, -0.05) is 18.2 Å². The van der Waals surface area contributed by atoms with Gasteiger partial charge in [0.05, 0.1) is 9.85 Å². The number of nitro benzene ring substituents is 2. The third kappa shape index (κ3) is 1.54. The van der Waals surface area contributed by atoms with E-state index in [1.165, 1.54) is 6.07 Å². The maximum atomic E-state index is 10.9. The molecule has 82 valence electrons. The first-order valence-electron chi connectivity index (χ1n) is 4.70. The maximum absolute atomic E-state index is 10.9. The number of nitrogens with zero attached hydrogens (tertiary/aromatic N) is 2. The highest BCUT2D eigenvalue weighted by molar-refractivity contribution is 5.62. The van der Waals surface area contributed by atoms with E-state index in [-0.39, 0.29) is 5.69 Å². The van der Waals surface area contributed by atoms with Gasteiger partial charge in [0.25, 0.3) is 0 Å². The zero-order chi connectivity index (χ0) is 11.7. The van der Waals surface area contributed by atoms with Crippen LogP contribution in [0.2, 0.25) is 0 Å². The summed E-state index contributed by atoms with van der Waals surface area (Å²) < 4.78 is 0. The van der Waals surface area contributed by atoms with E-state index in [4.69, 9.17) is 0 Å². The van der Waals surface area contributed by atoms with Crippen molar-refractivity contribution in [3.63, 3.8) is 0 Å². The van der Waals surface area contributed by atoms with Crippen LogP contribution in [0.25, 0.3) is 0 Å². The molecule has 0 atom stereocenters. The van der Waals surface area contributed by atoms with Crippen molar-refractivity contribution < 1.29 is 9.85 Å². The van der Waals surface area contributed by atoms with Gasteiger partial charge in [0.15, 0.2) is 0 Å². The van der Waals surface area contributed by atoms with Gasteiger partial charge in [-0.25, -0.2) is 0 Å². The van der Waals surface area contributed by atoms with Crippen molar-refractivity contribution in [1.29, 1.82) is 0 Å². The van der Waals surface area contributed by atoms with Crippen molar-refractivity contribution in [3.8, 4) is 0 Å². The summed E-state index contributed by atoms with van der Waals surface area (Å²) in [5.74, 6) is 0. The molecule has 0 spiro atoms. The first-order valence-corrected chi connectivity index (χ1v) is 4.70. The van der Waals surface area contributed by atoms with Crippen LogP contribution in [0.4, 0.5) is 11.4 Å². The zero-order valence-electron chi connectivity index (χ0n) is 8.25. The molecule has 0 radical (unpaired) electrons. The molecule has 0 aliphatic heterocycles. The second-order valence-corrected chi connectivity index (χ2v) is 3.46. The van der Waals surface area contributed by atoms with E-state index in [0.717, 1.165) is 5.56 Å². The Hall–Kier alpha value is -2.24. The predicted octanol–water partition coefficient (Wildman–Crippen LogP) is 2.16. The van der Waals surface area contributed by atoms with Gasteiger partial charge in [-0.2, -0.15) is 0 Å². The average Bonchev–Trinajstić information content (AvgIpc) is 2.27. The van der Waals surface area contributed by atoms with E-state index >= 15 is 0 Å². The summed E-state index contributed by atoms with van der Waals surface area (Å²) in [5, 5.41) is 21.6. The third-order valence-corrected chi connectivity index (χ3v) is 2.56. The summed E-state index contributed by atoms with van der Waals surface area (Å²) >= 11 is 0. The van der Waals surface area contributed by atoms with Crippen molar-refractivity contribution in [2.24, 2.45) is 0 Å². The topological polar surface area (TPSA) is 86.3 Å². The molecule has 0 heterocycles. The van der Waals surface area contributed by atoms with Gasteiger partial charge < -0.3 is 0 Å². The molecular weight excluding hydrogens is 212 g/mol. The highest BCUT2D eigenvalue weighted by Gasteiger charge is 2.30. The fourth-order valence-corrected chi connectivity index (χ4v) is 1.85.